The number of carboxylic acid groups (broad SMARTS) is 1. The van der Waals surface area contributed by atoms with Crippen LogP contribution in [0.1, 0.15) is 36.2 Å². The molecule has 94 valence electrons. The molecule has 0 radical (unpaired) electrons. The average molecular weight is 239 g/mol. The molecule has 0 heterocycles. The molecule has 1 aromatic carbocycles. The number of rotatable bonds is 5. The van der Waals surface area contributed by atoms with Crippen molar-refractivity contribution in [2.45, 2.75) is 32.9 Å². The molecule has 0 aromatic heterocycles. The van der Waals surface area contributed by atoms with Crippen LogP contribution in [0.2, 0.25) is 0 Å². The molecule has 0 amide bonds. The van der Waals surface area contributed by atoms with E-state index in [1.165, 1.54) is 12.1 Å². The highest BCUT2D eigenvalue weighted by Gasteiger charge is 2.14. The van der Waals surface area contributed by atoms with Gasteiger partial charge in [0.25, 0.3) is 0 Å². The van der Waals surface area contributed by atoms with Gasteiger partial charge in [0.15, 0.2) is 0 Å². The number of nitrogens with zero attached hydrogens (tertiary/aromatic N) is 1. The zero-order chi connectivity index (χ0) is 13.0. The van der Waals surface area contributed by atoms with E-state index in [4.69, 9.17) is 5.11 Å². The highest BCUT2D eigenvalue weighted by molar-refractivity contribution is 5.89. The fourth-order valence-electron chi connectivity index (χ4n) is 1.62. The van der Waals surface area contributed by atoms with E-state index in [2.05, 4.69) is 18.7 Å². The van der Waals surface area contributed by atoms with Gasteiger partial charge in [0.1, 0.15) is 5.82 Å². The lowest BCUT2D eigenvalue weighted by molar-refractivity contribution is 0.0693. The van der Waals surface area contributed by atoms with E-state index in [0.717, 1.165) is 12.5 Å². The van der Waals surface area contributed by atoms with Crippen molar-refractivity contribution >= 4 is 5.97 Å². The van der Waals surface area contributed by atoms with Crippen molar-refractivity contribution in [1.29, 1.82) is 0 Å². The third-order valence-corrected chi connectivity index (χ3v) is 3.07. The van der Waals surface area contributed by atoms with Gasteiger partial charge in [-0.05, 0) is 38.1 Å². The summed E-state index contributed by atoms with van der Waals surface area (Å²) in [5, 5.41) is 9.01. The third-order valence-electron chi connectivity index (χ3n) is 3.07. The van der Waals surface area contributed by atoms with Crippen LogP contribution in [0.4, 0.5) is 4.39 Å². The lowest BCUT2D eigenvalue weighted by atomic mass is 10.1. The second kappa shape index (κ2) is 5.77. The van der Waals surface area contributed by atoms with E-state index in [0.29, 0.717) is 18.2 Å². The normalized spacial score (nSPS) is 12.8. The quantitative estimate of drug-likeness (QED) is 0.859. The summed E-state index contributed by atoms with van der Waals surface area (Å²) in [6, 6.07) is 4.27. The molecule has 17 heavy (non-hydrogen) atoms. The number of halogens is 1. The van der Waals surface area contributed by atoms with Crippen molar-refractivity contribution in [2.75, 3.05) is 7.05 Å². The Labute approximate surface area is 101 Å². The van der Waals surface area contributed by atoms with Crippen LogP contribution in [0.25, 0.3) is 0 Å². The minimum Gasteiger partial charge on any atom is -0.478 e. The summed E-state index contributed by atoms with van der Waals surface area (Å²) in [6.45, 7) is 4.66. The number of carboxylic acids is 1. The van der Waals surface area contributed by atoms with Crippen LogP contribution >= 0.6 is 0 Å². The summed E-state index contributed by atoms with van der Waals surface area (Å²) in [6.07, 6.45) is 0.986. The predicted molar refractivity (Wildman–Crippen MR) is 64.6 cm³/mol. The zero-order valence-electron chi connectivity index (χ0n) is 10.4. The van der Waals surface area contributed by atoms with Gasteiger partial charge in [-0.2, -0.15) is 0 Å². The number of hydrogen-bond acceptors (Lipinski definition) is 2. The summed E-state index contributed by atoms with van der Waals surface area (Å²) in [7, 11) is 1.93. The fourth-order valence-corrected chi connectivity index (χ4v) is 1.62. The second-order valence-corrected chi connectivity index (χ2v) is 4.28. The summed E-state index contributed by atoms with van der Waals surface area (Å²) in [5.74, 6) is -1.60. The van der Waals surface area contributed by atoms with Gasteiger partial charge in [0.05, 0.1) is 5.56 Å². The molecular weight excluding hydrogens is 221 g/mol. The van der Waals surface area contributed by atoms with E-state index in [9.17, 15) is 9.18 Å². The Balaban J connectivity index is 2.94. The molecule has 1 N–H and O–H groups in total. The average Bonchev–Trinajstić information content (AvgIpc) is 2.29. The lowest BCUT2D eigenvalue weighted by Crippen LogP contribution is -2.28. The van der Waals surface area contributed by atoms with E-state index >= 15 is 0 Å². The summed E-state index contributed by atoms with van der Waals surface area (Å²) in [5.41, 5.74) is 0.682. The van der Waals surface area contributed by atoms with Crippen molar-refractivity contribution in [2.24, 2.45) is 0 Å². The Hall–Kier alpha value is -1.42. The van der Waals surface area contributed by atoms with E-state index in [1.807, 2.05) is 7.05 Å². The smallest absolute Gasteiger partial charge is 0.336 e. The predicted octanol–water partition coefficient (Wildman–Crippen LogP) is 2.75. The Kier molecular flexibility index (Phi) is 4.63. The molecule has 0 fully saturated rings. The maximum absolute atomic E-state index is 13.0. The Morgan fingerprint density at radius 3 is 2.71 bits per heavy atom. The van der Waals surface area contributed by atoms with E-state index < -0.39 is 11.8 Å². The van der Waals surface area contributed by atoms with Crippen molar-refractivity contribution in [3.05, 3.63) is 35.1 Å². The molecule has 0 aliphatic carbocycles. The van der Waals surface area contributed by atoms with Crippen molar-refractivity contribution in [1.82, 2.24) is 4.90 Å². The summed E-state index contributed by atoms with van der Waals surface area (Å²) in [4.78, 5) is 13.1. The molecule has 3 nitrogen and oxygen atoms in total. The molecule has 0 saturated heterocycles. The monoisotopic (exact) mass is 239 g/mol. The van der Waals surface area contributed by atoms with Gasteiger partial charge in [0.2, 0.25) is 0 Å². The largest absolute Gasteiger partial charge is 0.478 e. The van der Waals surface area contributed by atoms with Gasteiger partial charge in [-0.1, -0.05) is 13.0 Å². The van der Waals surface area contributed by atoms with Gasteiger partial charge in [-0.15, -0.1) is 0 Å². The third kappa shape index (κ3) is 3.53. The molecule has 1 atom stereocenters. The van der Waals surface area contributed by atoms with Crippen molar-refractivity contribution in [3.8, 4) is 0 Å². The van der Waals surface area contributed by atoms with Gasteiger partial charge in [-0.3, -0.25) is 4.90 Å². The topological polar surface area (TPSA) is 40.5 Å². The highest BCUT2D eigenvalue weighted by Crippen LogP contribution is 2.15. The van der Waals surface area contributed by atoms with Gasteiger partial charge in [0, 0.05) is 12.6 Å². The number of aromatic carboxylic acids is 1. The summed E-state index contributed by atoms with van der Waals surface area (Å²) < 4.78 is 13.0. The Morgan fingerprint density at radius 2 is 2.18 bits per heavy atom. The van der Waals surface area contributed by atoms with Crippen LogP contribution in [0.5, 0.6) is 0 Å². The Morgan fingerprint density at radius 1 is 1.53 bits per heavy atom. The molecule has 0 saturated carbocycles. The van der Waals surface area contributed by atoms with Gasteiger partial charge in [-0.25, -0.2) is 9.18 Å². The Bertz CT molecular complexity index is 406. The maximum Gasteiger partial charge on any atom is 0.336 e. The lowest BCUT2D eigenvalue weighted by Gasteiger charge is -2.24. The molecule has 1 rings (SSSR count). The molecule has 0 aliphatic heterocycles. The number of carbonyl (C=O) groups is 1. The van der Waals surface area contributed by atoms with Gasteiger partial charge >= 0.3 is 5.97 Å². The van der Waals surface area contributed by atoms with E-state index in [1.54, 1.807) is 0 Å². The molecule has 0 bridgehead atoms. The van der Waals surface area contributed by atoms with E-state index in [-0.39, 0.29) is 5.56 Å². The van der Waals surface area contributed by atoms with Crippen LogP contribution in [0, 0.1) is 5.82 Å². The first kappa shape index (κ1) is 13.6. The van der Waals surface area contributed by atoms with Crippen molar-refractivity contribution in [3.63, 3.8) is 0 Å². The molecule has 4 heteroatoms. The second-order valence-electron chi connectivity index (χ2n) is 4.28. The molecule has 1 aromatic rings. The molecular formula is C13H18FNO2. The van der Waals surface area contributed by atoms with Gasteiger partial charge < -0.3 is 5.11 Å². The minimum atomic E-state index is -1.09. The standard InChI is InChI=1S/C13H18FNO2/c1-4-9(2)15(3)8-10-5-6-11(14)7-12(10)13(16)17/h5-7,9H,4,8H2,1-3H3,(H,16,17). The SMILES string of the molecule is CCC(C)N(C)Cc1ccc(F)cc1C(=O)O. The highest BCUT2D eigenvalue weighted by atomic mass is 19.1. The number of benzene rings is 1. The van der Waals surface area contributed by atoms with Crippen molar-refractivity contribution < 1.29 is 14.3 Å². The van der Waals surface area contributed by atoms with Crippen LogP contribution in [0.3, 0.4) is 0 Å². The van der Waals surface area contributed by atoms with Crippen LogP contribution < -0.4 is 0 Å². The zero-order valence-corrected chi connectivity index (χ0v) is 10.4. The first-order valence-electron chi connectivity index (χ1n) is 5.67. The number of hydrogen-bond donors (Lipinski definition) is 1. The van der Waals surface area contributed by atoms with Crippen LogP contribution in [-0.2, 0) is 6.54 Å². The minimum absolute atomic E-state index is 0.0418. The van der Waals surface area contributed by atoms with Crippen LogP contribution in [0.15, 0.2) is 18.2 Å². The molecule has 1 unspecified atom stereocenters. The summed E-state index contributed by atoms with van der Waals surface area (Å²) >= 11 is 0. The fraction of sp³-hybridized carbons (Fsp3) is 0.462. The molecule has 0 aliphatic rings. The first-order chi connectivity index (χ1) is 7.95. The molecule has 0 spiro atoms. The van der Waals surface area contributed by atoms with Crippen LogP contribution in [-0.4, -0.2) is 29.1 Å². The first-order valence-corrected chi connectivity index (χ1v) is 5.67. The maximum atomic E-state index is 13.0.